The molecule has 188 valence electrons. The number of nitriles is 1. The Kier molecular flexibility index (Phi) is 7.53. The first kappa shape index (κ1) is 25.4. The van der Waals surface area contributed by atoms with Gasteiger partial charge in [0, 0.05) is 36.8 Å². The standard InChI is InChI=1S/C27H26FN7O2/c1-15(16(2)18-6-5-7-19-25(27(36)30-3)20(28)13-33-26(18)19)11-32-24-9-21(34-14-35-24)17-8-23(37-4)22(10-29)31-12-17/h5-9,12-16H,11H2,1-4H3,(H,30,36)(H,32,34,35)/t15-,16?/m1/s1. The van der Waals surface area contributed by atoms with E-state index in [1.165, 1.54) is 20.5 Å². The van der Waals surface area contributed by atoms with Crippen LogP contribution < -0.4 is 15.4 Å². The monoisotopic (exact) mass is 499 g/mol. The number of aromatic nitrogens is 4. The lowest BCUT2D eigenvalue weighted by atomic mass is 9.87. The summed E-state index contributed by atoms with van der Waals surface area (Å²) in [5, 5.41) is 15.5. The summed E-state index contributed by atoms with van der Waals surface area (Å²) in [6.07, 6.45) is 4.13. The van der Waals surface area contributed by atoms with Crippen LogP contribution in [0.3, 0.4) is 0 Å². The predicted molar refractivity (Wildman–Crippen MR) is 138 cm³/mol. The maximum absolute atomic E-state index is 14.4. The number of hydrogen-bond donors (Lipinski definition) is 2. The fourth-order valence-corrected chi connectivity index (χ4v) is 4.13. The molecular formula is C27H26FN7O2. The minimum absolute atomic E-state index is 0.00485. The molecule has 3 heterocycles. The Balaban J connectivity index is 1.54. The molecule has 1 amide bonds. The highest BCUT2D eigenvalue weighted by atomic mass is 19.1. The fourth-order valence-electron chi connectivity index (χ4n) is 4.13. The highest BCUT2D eigenvalue weighted by Crippen LogP contribution is 2.32. The summed E-state index contributed by atoms with van der Waals surface area (Å²) in [4.78, 5) is 29.4. The number of nitrogens with one attached hydrogen (secondary N) is 2. The summed E-state index contributed by atoms with van der Waals surface area (Å²) in [5.74, 6) is 0.0437. The average molecular weight is 500 g/mol. The van der Waals surface area contributed by atoms with Crippen molar-refractivity contribution in [1.29, 1.82) is 5.26 Å². The number of carbonyl (C=O) groups excluding carboxylic acids is 1. The van der Waals surface area contributed by atoms with Gasteiger partial charge in [-0.3, -0.25) is 9.78 Å². The number of rotatable bonds is 8. The quantitative estimate of drug-likeness (QED) is 0.367. The highest BCUT2D eigenvalue weighted by molar-refractivity contribution is 6.06. The van der Waals surface area contributed by atoms with Gasteiger partial charge in [0.05, 0.1) is 30.1 Å². The number of ether oxygens (including phenoxy) is 1. The number of amides is 1. The van der Waals surface area contributed by atoms with Gasteiger partial charge in [0.2, 0.25) is 0 Å². The molecule has 0 aliphatic carbocycles. The third-order valence-electron chi connectivity index (χ3n) is 6.43. The largest absolute Gasteiger partial charge is 0.494 e. The molecule has 2 atom stereocenters. The van der Waals surface area contributed by atoms with Crippen LogP contribution in [0, 0.1) is 23.1 Å². The van der Waals surface area contributed by atoms with E-state index in [1.807, 2.05) is 18.2 Å². The van der Waals surface area contributed by atoms with Crippen molar-refractivity contribution in [1.82, 2.24) is 25.3 Å². The van der Waals surface area contributed by atoms with Gasteiger partial charge in [-0.1, -0.05) is 32.0 Å². The van der Waals surface area contributed by atoms with E-state index >= 15 is 0 Å². The zero-order valence-corrected chi connectivity index (χ0v) is 20.9. The van der Waals surface area contributed by atoms with Gasteiger partial charge < -0.3 is 15.4 Å². The number of methoxy groups -OCH3 is 1. The average Bonchev–Trinajstić information content (AvgIpc) is 2.94. The van der Waals surface area contributed by atoms with Crippen LogP contribution in [0.5, 0.6) is 5.75 Å². The van der Waals surface area contributed by atoms with Gasteiger partial charge in [-0.05, 0) is 23.5 Å². The molecule has 3 aromatic heterocycles. The van der Waals surface area contributed by atoms with Crippen molar-refractivity contribution >= 4 is 22.6 Å². The van der Waals surface area contributed by atoms with Crippen molar-refractivity contribution in [2.24, 2.45) is 5.92 Å². The second-order valence-electron chi connectivity index (χ2n) is 8.63. The summed E-state index contributed by atoms with van der Waals surface area (Å²) in [6, 6.07) is 11.0. The number of carbonyl (C=O) groups is 1. The molecule has 0 bridgehead atoms. The van der Waals surface area contributed by atoms with Crippen LogP contribution in [0.25, 0.3) is 22.2 Å². The summed E-state index contributed by atoms with van der Waals surface area (Å²) in [6.45, 7) is 4.76. The zero-order valence-electron chi connectivity index (χ0n) is 20.9. The van der Waals surface area contributed by atoms with Crippen molar-refractivity contribution in [3.05, 3.63) is 71.7 Å². The number of benzene rings is 1. The molecule has 0 spiro atoms. The van der Waals surface area contributed by atoms with E-state index in [1.54, 1.807) is 24.4 Å². The number of anilines is 1. The Hall–Kier alpha value is -4.65. The molecule has 4 rings (SSSR count). The second kappa shape index (κ2) is 11.0. The fraction of sp³-hybridized carbons (Fsp3) is 0.259. The Morgan fingerprint density at radius 3 is 2.70 bits per heavy atom. The maximum atomic E-state index is 14.4. The summed E-state index contributed by atoms with van der Waals surface area (Å²) in [7, 11) is 2.96. The molecule has 0 saturated heterocycles. The topological polar surface area (TPSA) is 126 Å². The molecule has 0 radical (unpaired) electrons. The first-order valence-corrected chi connectivity index (χ1v) is 11.7. The van der Waals surface area contributed by atoms with Crippen molar-refractivity contribution in [2.75, 3.05) is 26.0 Å². The lowest BCUT2D eigenvalue weighted by Crippen LogP contribution is -2.21. The Bertz CT molecular complexity index is 1500. The van der Waals surface area contributed by atoms with Crippen LogP contribution >= 0.6 is 0 Å². The lowest BCUT2D eigenvalue weighted by molar-refractivity contribution is 0.0960. The SMILES string of the molecule is CNC(=O)c1c(F)cnc2c(C(C)[C@H](C)CNc3cc(-c4cnc(C#N)c(OC)c4)ncn3)cccc12. The summed E-state index contributed by atoms with van der Waals surface area (Å²) < 4.78 is 19.7. The maximum Gasteiger partial charge on any atom is 0.254 e. The van der Waals surface area contributed by atoms with Gasteiger partial charge in [-0.2, -0.15) is 5.26 Å². The number of halogens is 1. The van der Waals surface area contributed by atoms with E-state index in [0.29, 0.717) is 40.3 Å². The number of nitrogens with zero attached hydrogens (tertiary/aromatic N) is 5. The van der Waals surface area contributed by atoms with Gasteiger partial charge in [-0.25, -0.2) is 19.3 Å². The second-order valence-corrected chi connectivity index (χ2v) is 8.63. The van der Waals surface area contributed by atoms with Gasteiger partial charge in [-0.15, -0.1) is 0 Å². The Morgan fingerprint density at radius 1 is 1.16 bits per heavy atom. The third-order valence-corrected chi connectivity index (χ3v) is 6.43. The van der Waals surface area contributed by atoms with E-state index in [0.717, 1.165) is 11.8 Å². The zero-order chi connectivity index (χ0) is 26.5. The number of fused-ring (bicyclic) bond motifs is 1. The van der Waals surface area contributed by atoms with Gasteiger partial charge in [0.25, 0.3) is 5.91 Å². The molecule has 9 nitrogen and oxygen atoms in total. The molecule has 10 heteroatoms. The van der Waals surface area contributed by atoms with E-state index < -0.39 is 11.7 Å². The molecule has 1 unspecified atom stereocenters. The van der Waals surface area contributed by atoms with Crippen LogP contribution in [-0.2, 0) is 0 Å². The van der Waals surface area contributed by atoms with Crippen molar-refractivity contribution in [3.8, 4) is 23.1 Å². The highest BCUT2D eigenvalue weighted by Gasteiger charge is 2.22. The Morgan fingerprint density at radius 2 is 1.97 bits per heavy atom. The van der Waals surface area contributed by atoms with E-state index in [4.69, 9.17) is 10.00 Å². The number of para-hydroxylation sites is 1. The predicted octanol–water partition coefficient (Wildman–Crippen LogP) is 4.32. The van der Waals surface area contributed by atoms with Crippen LogP contribution in [0.1, 0.15) is 41.4 Å². The first-order valence-electron chi connectivity index (χ1n) is 11.7. The van der Waals surface area contributed by atoms with E-state index in [-0.39, 0.29) is 23.1 Å². The molecule has 0 aliphatic heterocycles. The number of hydrogen-bond acceptors (Lipinski definition) is 8. The number of pyridine rings is 2. The molecule has 37 heavy (non-hydrogen) atoms. The lowest BCUT2D eigenvalue weighted by Gasteiger charge is -2.22. The van der Waals surface area contributed by atoms with E-state index in [9.17, 15) is 9.18 Å². The van der Waals surface area contributed by atoms with Gasteiger partial charge in [0.1, 0.15) is 18.2 Å². The molecule has 4 aromatic rings. The smallest absolute Gasteiger partial charge is 0.254 e. The normalized spacial score (nSPS) is 12.4. The third kappa shape index (κ3) is 5.16. The molecule has 0 saturated carbocycles. The Labute approximate surface area is 213 Å². The molecule has 0 fully saturated rings. The van der Waals surface area contributed by atoms with Crippen LogP contribution in [0.4, 0.5) is 10.2 Å². The van der Waals surface area contributed by atoms with Crippen molar-refractivity contribution in [3.63, 3.8) is 0 Å². The molecule has 2 N–H and O–H groups in total. The molecule has 1 aromatic carbocycles. The van der Waals surface area contributed by atoms with Crippen molar-refractivity contribution < 1.29 is 13.9 Å². The van der Waals surface area contributed by atoms with Gasteiger partial charge in [0.15, 0.2) is 17.3 Å². The minimum Gasteiger partial charge on any atom is -0.494 e. The molecule has 0 aliphatic rings. The van der Waals surface area contributed by atoms with E-state index in [2.05, 4.69) is 44.4 Å². The van der Waals surface area contributed by atoms with Gasteiger partial charge >= 0.3 is 0 Å². The van der Waals surface area contributed by atoms with Crippen LogP contribution in [0.2, 0.25) is 0 Å². The first-order chi connectivity index (χ1) is 17.9. The molecular weight excluding hydrogens is 473 g/mol. The van der Waals surface area contributed by atoms with Crippen molar-refractivity contribution in [2.45, 2.75) is 19.8 Å². The minimum atomic E-state index is -0.652. The summed E-state index contributed by atoms with van der Waals surface area (Å²) >= 11 is 0. The van der Waals surface area contributed by atoms with Crippen LogP contribution in [0.15, 0.2) is 49.1 Å². The summed E-state index contributed by atoms with van der Waals surface area (Å²) in [5.41, 5.74) is 3.06. The van der Waals surface area contributed by atoms with Crippen LogP contribution in [-0.4, -0.2) is 46.5 Å².